The van der Waals surface area contributed by atoms with Gasteiger partial charge in [-0.15, -0.1) is 11.6 Å². The van der Waals surface area contributed by atoms with E-state index in [-0.39, 0.29) is 6.07 Å². The molecule has 8 heteroatoms. The first kappa shape index (κ1) is 13.0. The molecule has 0 aliphatic carbocycles. The quantitative estimate of drug-likeness (QED) is 0.653. The average Bonchev–Trinajstić information content (AvgIpc) is 2.15. The van der Waals surface area contributed by atoms with Gasteiger partial charge < -0.3 is 5.11 Å². The molecule has 0 fully saturated rings. The zero-order valence-corrected chi connectivity index (χ0v) is 8.28. The lowest BCUT2D eigenvalue weighted by Gasteiger charge is -2.13. The van der Waals surface area contributed by atoms with E-state index >= 15 is 0 Å². The summed E-state index contributed by atoms with van der Waals surface area (Å²) in [6.45, 7) is 0. The summed E-state index contributed by atoms with van der Waals surface area (Å²) in [5, 5.41) is 9.07. The van der Waals surface area contributed by atoms with Crippen LogP contribution in [0.3, 0.4) is 0 Å². The number of halogens is 6. The van der Waals surface area contributed by atoms with Crippen molar-refractivity contribution in [2.75, 3.05) is 0 Å². The summed E-state index contributed by atoms with van der Waals surface area (Å²) < 4.78 is 61.6. The van der Waals surface area contributed by atoms with Crippen LogP contribution in [0.2, 0.25) is 0 Å². The van der Waals surface area contributed by atoms with E-state index in [0.717, 1.165) is 0 Å². The maximum Gasteiger partial charge on any atom is 0.418 e. The molecule has 0 aliphatic rings. The van der Waals surface area contributed by atoms with Crippen LogP contribution in [-0.4, -0.2) is 10.1 Å². The molecule has 0 atom stereocenters. The number of alkyl halides is 6. The minimum absolute atomic E-state index is 0.201. The topological polar surface area (TPSA) is 33.1 Å². The van der Waals surface area contributed by atoms with Crippen LogP contribution in [0.1, 0.15) is 23.4 Å². The van der Waals surface area contributed by atoms with Crippen molar-refractivity contribution in [1.29, 1.82) is 0 Å². The lowest BCUT2D eigenvalue weighted by Crippen LogP contribution is -2.12. The molecule has 0 bridgehead atoms. The van der Waals surface area contributed by atoms with Gasteiger partial charge in [0.05, 0.1) is 17.1 Å². The SMILES string of the molecule is Oc1cc(C(F)(F)F)c(C(F)F)nc1CCl. The zero-order valence-electron chi connectivity index (χ0n) is 7.52. The Morgan fingerprint density at radius 1 is 1.38 bits per heavy atom. The predicted octanol–water partition coefficient (Wildman–Crippen LogP) is 3.48. The van der Waals surface area contributed by atoms with Crippen LogP contribution >= 0.6 is 11.6 Å². The molecule has 2 nitrogen and oxygen atoms in total. The average molecular weight is 262 g/mol. The summed E-state index contributed by atoms with van der Waals surface area (Å²) in [5.74, 6) is -1.31. The second-order valence-corrected chi connectivity index (χ2v) is 3.09. The highest BCUT2D eigenvalue weighted by Gasteiger charge is 2.37. The predicted molar refractivity (Wildman–Crippen MR) is 45.4 cm³/mol. The molecule has 1 heterocycles. The molecule has 0 spiro atoms. The van der Waals surface area contributed by atoms with Crippen molar-refractivity contribution < 1.29 is 27.1 Å². The number of pyridine rings is 1. The fourth-order valence-electron chi connectivity index (χ4n) is 1.05. The molecular weight excluding hydrogens is 257 g/mol. The molecule has 1 aromatic heterocycles. The van der Waals surface area contributed by atoms with Crippen molar-refractivity contribution in [3.63, 3.8) is 0 Å². The largest absolute Gasteiger partial charge is 0.506 e. The Bertz CT molecular complexity index is 393. The molecule has 0 aliphatic heterocycles. The van der Waals surface area contributed by atoms with Crippen LogP contribution < -0.4 is 0 Å². The Morgan fingerprint density at radius 3 is 2.31 bits per heavy atom. The van der Waals surface area contributed by atoms with Gasteiger partial charge in [0, 0.05) is 0 Å². The third-order valence-corrected chi connectivity index (χ3v) is 2.00. The fourth-order valence-corrected chi connectivity index (χ4v) is 1.25. The van der Waals surface area contributed by atoms with E-state index in [9.17, 15) is 22.0 Å². The number of hydrogen-bond acceptors (Lipinski definition) is 2. The first-order chi connectivity index (χ1) is 7.27. The van der Waals surface area contributed by atoms with Gasteiger partial charge in [-0.3, -0.25) is 0 Å². The summed E-state index contributed by atoms with van der Waals surface area (Å²) in [6, 6.07) is 0.201. The first-order valence-electron chi connectivity index (χ1n) is 3.91. The van der Waals surface area contributed by atoms with E-state index in [1.807, 2.05) is 0 Å². The normalized spacial score (nSPS) is 12.2. The summed E-state index contributed by atoms with van der Waals surface area (Å²) in [4.78, 5) is 3.00. The Morgan fingerprint density at radius 2 is 1.94 bits per heavy atom. The molecule has 1 rings (SSSR count). The second kappa shape index (κ2) is 4.40. The maximum atomic E-state index is 12.3. The van der Waals surface area contributed by atoms with Crippen molar-refractivity contribution >= 4 is 11.6 Å². The molecule has 1 N–H and O–H groups in total. The van der Waals surface area contributed by atoms with Gasteiger partial charge in [0.25, 0.3) is 6.43 Å². The molecule has 0 amide bonds. The lowest BCUT2D eigenvalue weighted by molar-refractivity contribution is -0.140. The molecule has 1 aromatic rings. The van der Waals surface area contributed by atoms with Crippen LogP contribution in [0.25, 0.3) is 0 Å². The van der Waals surface area contributed by atoms with Crippen molar-refractivity contribution in [2.24, 2.45) is 0 Å². The first-order valence-corrected chi connectivity index (χ1v) is 4.45. The summed E-state index contributed by atoms with van der Waals surface area (Å²) >= 11 is 5.23. The molecule has 90 valence electrons. The van der Waals surface area contributed by atoms with E-state index < -0.39 is 41.2 Å². The minimum atomic E-state index is -5.00. The third-order valence-electron chi connectivity index (χ3n) is 1.75. The van der Waals surface area contributed by atoms with Crippen LogP contribution in [0, 0.1) is 0 Å². The van der Waals surface area contributed by atoms with Gasteiger partial charge in [-0.05, 0) is 6.07 Å². The van der Waals surface area contributed by atoms with Gasteiger partial charge in [0.2, 0.25) is 0 Å². The number of hydrogen-bond donors (Lipinski definition) is 1. The van der Waals surface area contributed by atoms with Gasteiger partial charge >= 0.3 is 6.18 Å². The Hall–Kier alpha value is -1.11. The monoisotopic (exact) mass is 261 g/mol. The molecule has 0 saturated carbocycles. The minimum Gasteiger partial charge on any atom is -0.506 e. The van der Waals surface area contributed by atoms with Gasteiger partial charge in [0.15, 0.2) is 0 Å². The fraction of sp³-hybridized carbons (Fsp3) is 0.375. The molecule has 0 radical (unpaired) electrons. The van der Waals surface area contributed by atoms with Gasteiger partial charge in [0.1, 0.15) is 11.4 Å². The Labute approximate surface area is 91.7 Å². The van der Waals surface area contributed by atoms with Crippen LogP contribution in [0.15, 0.2) is 6.07 Å². The van der Waals surface area contributed by atoms with Crippen molar-refractivity contribution in [1.82, 2.24) is 4.98 Å². The number of nitrogens with zero attached hydrogens (tertiary/aromatic N) is 1. The zero-order chi connectivity index (χ0) is 12.5. The number of aromatic hydroxyl groups is 1. The van der Waals surface area contributed by atoms with Gasteiger partial charge in [-0.25, -0.2) is 13.8 Å². The number of aromatic nitrogens is 1. The van der Waals surface area contributed by atoms with Crippen LogP contribution in [0.5, 0.6) is 5.75 Å². The third kappa shape index (κ3) is 2.52. The lowest BCUT2D eigenvalue weighted by atomic mass is 10.1. The summed E-state index contributed by atoms with van der Waals surface area (Å²) in [6.07, 6.45) is -8.39. The Balaban J connectivity index is 3.42. The van der Waals surface area contributed by atoms with Crippen molar-refractivity contribution in [3.05, 3.63) is 23.0 Å². The molecule has 0 aromatic carbocycles. The molecule has 0 saturated heterocycles. The Kier molecular flexibility index (Phi) is 3.57. The summed E-state index contributed by atoms with van der Waals surface area (Å²) in [5.41, 5.74) is -3.50. The van der Waals surface area contributed by atoms with Crippen molar-refractivity contribution in [2.45, 2.75) is 18.5 Å². The van der Waals surface area contributed by atoms with E-state index in [2.05, 4.69) is 4.98 Å². The standard InChI is InChI=1S/C8H5ClF5NO/c9-2-4-5(16)1-3(8(12,13)14)6(15-4)7(10)11/h1,7,16H,2H2. The molecular formula is C8H5ClF5NO. The van der Waals surface area contributed by atoms with E-state index in [0.29, 0.717) is 0 Å². The number of rotatable bonds is 2. The van der Waals surface area contributed by atoms with E-state index in [4.69, 9.17) is 16.7 Å². The van der Waals surface area contributed by atoms with E-state index in [1.165, 1.54) is 0 Å². The van der Waals surface area contributed by atoms with E-state index in [1.54, 1.807) is 0 Å². The van der Waals surface area contributed by atoms with Gasteiger partial charge in [-0.2, -0.15) is 13.2 Å². The molecule has 16 heavy (non-hydrogen) atoms. The highest BCUT2D eigenvalue weighted by atomic mass is 35.5. The second-order valence-electron chi connectivity index (χ2n) is 2.82. The highest BCUT2D eigenvalue weighted by molar-refractivity contribution is 6.17. The van der Waals surface area contributed by atoms with Crippen molar-refractivity contribution in [3.8, 4) is 5.75 Å². The van der Waals surface area contributed by atoms with Crippen LogP contribution in [-0.2, 0) is 12.1 Å². The smallest absolute Gasteiger partial charge is 0.418 e. The maximum absolute atomic E-state index is 12.3. The highest BCUT2D eigenvalue weighted by Crippen LogP contribution is 2.38. The van der Waals surface area contributed by atoms with Gasteiger partial charge in [-0.1, -0.05) is 0 Å². The summed E-state index contributed by atoms with van der Waals surface area (Å²) in [7, 11) is 0. The molecule has 0 unspecified atom stereocenters. The van der Waals surface area contributed by atoms with Crippen LogP contribution in [0.4, 0.5) is 22.0 Å².